The average molecular weight is 392 g/mol. The second kappa shape index (κ2) is 8.52. The van der Waals surface area contributed by atoms with Gasteiger partial charge in [0, 0.05) is 30.8 Å². The van der Waals surface area contributed by atoms with Gasteiger partial charge in [-0.25, -0.2) is 0 Å². The Hall–Kier alpha value is -2.73. The van der Waals surface area contributed by atoms with Crippen molar-refractivity contribution in [3.8, 4) is 0 Å². The van der Waals surface area contributed by atoms with Crippen molar-refractivity contribution in [2.75, 3.05) is 6.54 Å². The summed E-state index contributed by atoms with van der Waals surface area (Å²) in [5.74, 6) is 0. The number of hydrogen-bond donors (Lipinski definition) is 1. The number of aromatic nitrogens is 3. The highest BCUT2D eigenvalue weighted by Crippen LogP contribution is 2.38. The summed E-state index contributed by atoms with van der Waals surface area (Å²) < 4.78 is 2.28. The highest BCUT2D eigenvalue weighted by Gasteiger charge is 2.40. The Kier molecular flexibility index (Phi) is 5.67. The first-order valence-corrected chi connectivity index (χ1v) is 10.2. The van der Waals surface area contributed by atoms with Crippen LogP contribution in [-0.2, 0) is 6.54 Å². The van der Waals surface area contributed by atoms with E-state index in [1.54, 1.807) is 0 Å². The van der Waals surface area contributed by atoms with Gasteiger partial charge in [0.05, 0.1) is 30.0 Å². The van der Waals surface area contributed by atoms with Crippen LogP contribution in [0.25, 0.3) is 0 Å². The van der Waals surface area contributed by atoms with E-state index in [0.717, 1.165) is 42.4 Å². The van der Waals surface area contributed by atoms with Crippen LogP contribution in [0, 0.1) is 0 Å². The van der Waals surface area contributed by atoms with Crippen LogP contribution in [0.3, 0.4) is 0 Å². The Morgan fingerprint density at radius 2 is 1.86 bits per heavy atom. The maximum atomic E-state index is 5.72. The van der Waals surface area contributed by atoms with Crippen molar-refractivity contribution in [2.24, 2.45) is 0 Å². The largest absolute Gasteiger partial charge is 0.352 e. The molecule has 6 heteroatoms. The number of hydrogen-bond acceptors (Lipinski definition) is 3. The van der Waals surface area contributed by atoms with Crippen molar-refractivity contribution >= 4 is 17.3 Å². The van der Waals surface area contributed by atoms with Crippen molar-refractivity contribution in [2.45, 2.75) is 38.4 Å². The summed E-state index contributed by atoms with van der Waals surface area (Å²) in [7, 11) is 0. The van der Waals surface area contributed by atoms with Gasteiger partial charge in [0.25, 0.3) is 0 Å². The van der Waals surface area contributed by atoms with E-state index in [1.165, 1.54) is 5.69 Å². The van der Waals surface area contributed by atoms with E-state index in [2.05, 4.69) is 62.1 Å². The molecular weight excluding hydrogens is 366 g/mol. The summed E-state index contributed by atoms with van der Waals surface area (Å²) in [6, 6.07) is 16.5. The smallest absolute Gasteiger partial charge is 0.170 e. The summed E-state index contributed by atoms with van der Waals surface area (Å²) in [5.41, 5.74) is 3.28. The van der Waals surface area contributed by atoms with Crippen LogP contribution in [0.1, 0.15) is 48.9 Å². The van der Waals surface area contributed by atoms with Crippen LogP contribution in [0.15, 0.2) is 67.1 Å². The molecule has 1 saturated heterocycles. The quantitative estimate of drug-likeness (QED) is 0.615. The van der Waals surface area contributed by atoms with Gasteiger partial charge in [0.15, 0.2) is 5.11 Å². The van der Waals surface area contributed by atoms with E-state index in [1.807, 2.05) is 36.7 Å². The Labute approximate surface area is 171 Å². The number of thiocarbonyl (C=S) groups is 1. The number of nitrogens with one attached hydrogen (secondary N) is 1. The third-order valence-corrected chi connectivity index (χ3v) is 5.53. The van der Waals surface area contributed by atoms with Crippen molar-refractivity contribution in [3.63, 3.8) is 0 Å². The van der Waals surface area contributed by atoms with E-state index >= 15 is 0 Å². The van der Waals surface area contributed by atoms with Crippen LogP contribution >= 0.6 is 12.2 Å². The van der Waals surface area contributed by atoms with Crippen LogP contribution < -0.4 is 5.32 Å². The topological polar surface area (TPSA) is 46.0 Å². The maximum absolute atomic E-state index is 5.72. The predicted molar refractivity (Wildman–Crippen MR) is 115 cm³/mol. The van der Waals surface area contributed by atoms with Gasteiger partial charge in [-0.1, -0.05) is 25.5 Å². The molecule has 2 unspecified atom stereocenters. The minimum absolute atomic E-state index is 0.0305. The molecular formula is C22H25N5S. The molecule has 3 aromatic rings. The minimum atomic E-state index is 0.0305. The first-order chi connectivity index (χ1) is 13.8. The Morgan fingerprint density at radius 3 is 2.57 bits per heavy atom. The summed E-state index contributed by atoms with van der Waals surface area (Å²) in [5, 5.41) is 4.33. The molecule has 3 aromatic heterocycles. The molecule has 0 radical (unpaired) electrons. The lowest BCUT2D eigenvalue weighted by molar-refractivity contribution is 0.300. The summed E-state index contributed by atoms with van der Waals surface area (Å²) >= 11 is 5.72. The fraction of sp³-hybridized carbons (Fsp3) is 0.318. The van der Waals surface area contributed by atoms with Crippen molar-refractivity contribution in [1.82, 2.24) is 24.8 Å². The Balaban J connectivity index is 1.70. The molecule has 1 aliphatic rings. The van der Waals surface area contributed by atoms with Gasteiger partial charge < -0.3 is 14.8 Å². The molecule has 5 nitrogen and oxygen atoms in total. The van der Waals surface area contributed by atoms with Crippen molar-refractivity contribution in [1.29, 1.82) is 0 Å². The molecule has 4 rings (SSSR count). The number of nitrogens with zero attached hydrogens (tertiary/aromatic N) is 4. The van der Waals surface area contributed by atoms with E-state index in [0.29, 0.717) is 0 Å². The first-order valence-electron chi connectivity index (χ1n) is 9.81. The van der Waals surface area contributed by atoms with Gasteiger partial charge in [-0.3, -0.25) is 9.97 Å². The highest BCUT2D eigenvalue weighted by molar-refractivity contribution is 7.80. The van der Waals surface area contributed by atoms with Crippen LogP contribution in [0.2, 0.25) is 0 Å². The molecule has 1 N–H and O–H groups in total. The predicted octanol–water partition coefficient (Wildman–Crippen LogP) is 4.10. The molecule has 28 heavy (non-hydrogen) atoms. The summed E-state index contributed by atoms with van der Waals surface area (Å²) in [4.78, 5) is 11.4. The molecule has 1 aliphatic heterocycles. The van der Waals surface area contributed by atoms with Gasteiger partial charge in [0.2, 0.25) is 0 Å². The third kappa shape index (κ3) is 3.78. The van der Waals surface area contributed by atoms with E-state index in [-0.39, 0.29) is 12.1 Å². The Bertz CT molecular complexity index is 909. The molecule has 0 aliphatic carbocycles. The van der Waals surface area contributed by atoms with Gasteiger partial charge >= 0.3 is 0 Å². The molecule has 1 fully saturated rings. The van der Waals surface area contributed by atoms with Crippen molar-refractivity contribution in [3.05, 3.63) is 84.2 Å². The number of pyridine rings is 2. The molecule has 0 spiro atoms. The standard InChI is InChI=1S/C22H25N5S/c1-2-3-15-27-21(20(25-22(27)28)18-10-5-7-13-24-18)19-11-8-14-26(19)16-17-9-4-6-12-23-17/h4-14,20-21H,2-3,15-16H2,1H3,(H,25,28). The maximum Gasteiger partial charge on any atom is 0.170 e. The second-order valence-corrected chi connectivity index (χ2v) is 7.44. The van der Waals surface area contributed by atoms with Gasteiger partial charge in [-0.15, -0.1) is 0 Å². The number of unbranched alkanes of at least 4 members (excludes halogenated alkanes) is 1. The molecule has 0 bridgehead atoms. The zero-order valence-electron chi connectivity index (χ0n) is 16.0. The fourth-order valence-corrected chi connectivity index (χ4v) is 4.13. The summed E-state index contributed by atoms with van der Waals surface area (Å²) in [6.07, 6.45) is 8.05. The Morgan fingerprint density at radius 1 is 1.04 bits per heavy atom. The first kappa shape index (κ1) is 18.6. The van der Waals surface area contributed by atoms with Crippen molar-refractivity contribution < 1.29 is 0 Å². The number of rotatable bonds is 7. The lowest BCUT2D eigenvalue weighted by atomic mass is 10.0. The lowest BCUT2D eigenvalue weighted by Gasteiger charge is -2.28. The molecule has 4 heterocycles. The SMILES string of the molecule is CCCCN1C(=S)NC(c2ccccn2)C1c1cccn1Cc1ccccn1. The van der Waals surface area contributed by atoms with E-state index < -0.39 is 0 Å². The van der Waals surface area contributed by atoms with Crippen LogP contribution in [-0.4, -0.2) is 31.1 Å². The van der Waals surface area contributed by atoms with Gasteiger partial charge in [-0.2, -0.15) is 0 Å². The fourth-order valence-electron chi connectivity index (χ4n) is 3.80. The average Bonchev–Trinajstić information content (AvgIpc) is 3.31. The second-order valence-electron chi connectivity index (χ2n) is 7.06. The van der Waals surface area contributed by atoms with E-state index in [4.69, 9.17) is 12.2 Å². The molecule has 0 saturated carbocycles. The van der Waals surface area contributed by atoms with Crippen LogP contribution in [0.5, 0.6) is 0 Å². The lowest BCUT2D eigenvalue weighted by Crippen LogP contribution is -2.31. The van der Waals surface area contributed by atoms with Gasteiger partial charge in [-0.05, 0) is 55.0 Å². The van der Waals surface area contributed by atoms with Crippen LogP contribution in [0.4, 0.5) is 0 Å². The summed E-state index contributed by atoms with van der Waals surface area (Å²) in [6.45, 7) is 3.88. The normalized spacial score (nSPS) is 19.0. The molecule has 144 valence electrons. The zero-order chi connectivity index (χ0) is 19.3. The molecule has 0 aromatic carbocycles. The van der Waals surface area contributed by atoms with E-state index in [9.17, 15) is 0 Å². The zero-order valence-corrected chi connectivity index (χ0v) is 16.8. The minimum Gasteiger partial charge on any atom is -0.352 e. The third-order valence-electron chi connectivity index (χ3n) is 5.18. The monoisotopic (exact) mass is 391 g/mol. The molecule has 2 atom stereocenters. The highest BCUT2D eigenvalue weighted by atomic mass is 32.1. The van der Waals surface area contributed by atoms with Gasteiger partial charge in [0.1, 0.15) is 0 Å². The molecule has 0 amide bonds.